The van der Waals surface area contributed by atoms with E-state index >= 15 is 0 Å². The van der Waals surface area contributed by atoms with Crippen LogP contribution in [0.4, 0.5) is 13.2 Å². The van der Waals surface area contributed by atoms with Gasteiger partial charge in [0.2, 0.25) is 0 Å². The summed E-state index contributed by atoms with van der Waals surface area (Å²) in [5.74, 6) is -0.638. The van der Waals surface area contributed by atoms with Gasteiger partial charge < -0.3 is 4.74 Å². The quantitative estimate of drug-likeness (QED) is 0.756. The summed E-state index contributed by atoms with van der Waals surface area (Å²) in [6.07, 6.45) is -4.73. The van der Waals surface area contributed by atoms with Gasteiger partial charge in [-0.25, -0.2) is 0 Å². The Morgan fingerprint density at radius 2 is 2.06 bits per heavy atom. The third-order valence-electron chi connectivity index (χ3n) is 1.94. The number of alkyl halides is 3. The average molecular weight is 253 g/mol. The lowest BCUT2D eigenvalue weighted by atomic mass is 10.1. The van der Waals surface area contributed by atoms with E-state index in [1.54, 1.807) is 0 Å². The van der Waals surface area contributed by atoms with Crippen molar-refractivity contribution in [3.63, 3.8) is 0 Å². The lowest BCUT2D eigenvalue weighted by Crippen LogP contribution is -2.09. The Labute approximate surface area is 95.0 Å². The van der Waals surface area contributed by atoms with Crippen molar-refractivity contribution in [2.45, 2.75) is 12.6 Å². The van der Waals surface area contributed by atoms with Gasteiger partial charge in [0.25, 0.3) is 0 Å². The largest absolute Gasteiger partial charge is 0.469 e. The standard InChI is InChI=1S/C10H8ClF3O2/c1-16-9(15)5-6-4-7(10(12,13)14)2-3-8(6)11/h2-4H,5H2,1H3. The number of esters is 1. The van der Waals surface area contributed by atoms with Crippen molar-refractivity contribution in [1.82, 2.24) is 0 Å². The van der Waals surface area contributed by atoms with Crippen molar-refractivity contribution >= 4 is 17.6 Å². The van der Waals surface area contributed by atoms with Crippen molar-refractivity contribution in [3.05, 3.63) is 34.3 Å². The van der Waals surface area contributed by atoms with Crippen LogP contribution in [0.15, 0.2) is 18.2 Å². The van der Waals surface area contributed by atoms with E-state index in [-0.39, 0.29) is 17.0 Å². The molecule has 0 aliphatic heterocycles. The lowest BCUT2D eigenvalue weighted by molar-refractivity contribution is -0.140. The summed E-state index contributed by atoms with van der Waals surface area (Å²) in [5.41, 5.74) is -0.737. The maximum atomic E-state index is 12.4. The molecule has 0 spiro atoms. The van der Waals surface area contributed by atoms with E-state index in [9.17, 15) is 18.0 Å². The second kappa shape index (κ2) is 4.74. The molecule has 0 N–H and O–H groups in total. The van der Waals surface area contributed by atoms with Gasteiger partial charge >= 0.3 is 12.1 Å². The molecule has 1 aromatic carbocycles. The van der Waals surface area contributed by atoms with Crippen LogP contribution in [-0.4, -0.2) is 13.1 Å². The zero-order valence-electron chi connectivity index (χ0n) is 8.27. The molecule has 1 rings (SSSR count). The zero-order valence-corrected chi connectivity index (χ0v) is 9.02. The predicted molar refractivity (Wildman–Crippen MR) is 52.2 cm³/mol. The van der Waals surface area contributed by atoms with E-state index < -0.39 is 17.7 Å². The van der Waals surface area contributed by atoms with Crippen molar-refractivity contribution in [2.75, 3.05) is 7.11 Å². The highest BCUT2D eigenvalue weighted by Crippen LogP contribution is 2.31. The molecular formula is C10H8ClF3O2. The molecule has 0 saturated carbocycles. The van der Waals surface area contributed by atoms with Crippen LogP contribution in [0, 0.1) is 0 Å². The van der Waals surface area contributed by atoms with E-state index in [0.717, 1.165) is 25.3 Å². The minimum atomic E-state index is -4.45. The Hall–Kier alpha value is -1.23. The SMILES string of the molecule is COC(=O)Cc1cc(C(F)(F)F)ccc1Cl. The number of rotatable bonds is 2. The normalized spacial score (nSPS) is 11.3. The van der Waals surface area contributed by atoms with Gasteiger partial charge in [-0.1, -0.05) is 11.6 Å². The molecular weight excluding hydrogens is 245 g/mol. The first-order valence-corrected chi connectivity index (χ1v) is 4.65. The molecule has 0 amide bonds. The van der Waals surface area contributed by atoms with Crippen LogP contribution in [0.3, 0.4) is 0 Å². The van der Waals surface area contributed by atoms with Crippen molar-refractivity contribution in [1.29, 1.82) is 0 Å². The van der Waals surface area contributed by atoms with Crippen molar-refractivity contribution < 1.29 is 22.7 Å². The first-order chi connectivity index (χ1) is 7.34. The third-order valence-corrected chi connectivity index (χ3v) is 2.30. The summed E-state index contributed by atoms with van der Waals surface area (Å²) >= 11 is 5.67. The second-order valence-electron chi connectivity index (χ2n) is 3.06. The summed E-state index contributed by atoms with van der Waals surface area (Å²) in [6.45, 7) is 0. The predicted octanol–water partition coefficient (Wildman–Crippen LogP) is 3.07. The second-order valence-corrected chi connectivity index (χ2v) is 3.46. The summed E-state index contributed by atoms with van der Waals surface area (Å²) in [5, 5.41) is 0.110. The number of methoxy groups -OCH3 is 1. The first-order valence-electron chi connectivity index (χ1n) is 4.27. The summed E-state index contributed by atoms with van der Waals surface area (Å²) in [7, 11) is 1.16. The monoisotopic (exact) mass is 252 g/mol. The third kappa shape index (κ3) is 3.13. The van der Waals surface area contributed by atoms with E-state index in [0.29, 0.717) is 0 Å². The maximum absolute atomic E-state index is 12.4. The number of benzene rings is 1. The topological polar surface area (TPSA) is 26.3 Å². The van der Waals surface area contributed by atoms with E-state index in [1.165, 1.54) is 0 Å². The molecule has 2 nitrogen and oxygen atoms in total. The highest BCUT2D eigenvalue weighted by atomic mass is 35.5. The van der Waals surface area contributed by atoms with Gasteiger partial charge in [-0.15, -0.1) is 0 Å². The Morgan fingerprint density at radius 1 is 1.44 bits per heavy atom. The van der Waals surface area contributed by atoms with Gasteiger partial charge in [0.05, 0.1) is 19.1 Å². The highest BCUT2D eigenvalue weighted by Gasteiger charge is 2.31. The Kier molecular flexibility index (Phi) is 3.80. The summed E-state index contributed by atoms with van der Waals surface area (Å²) < 4.78 is 41.4. The molecule has 0 aromatic heterocycles. The Morgan fingerprint density at radius 3 is 2.56 bits per heavy atom. The van der Waals surface area contributed by atoms with Crippen LogP contribution >= 0.6 is 11.6 Å². The molecule has 6 heteroatoms. The zero-order chi connectivity index (χ0) is 12.3. The minimum absolute atomic E-state index is 0.100. The maximum Gasteiger partial charge on any atom is 0.416 e. The van der Waals surface area contributed by atoms with Crippen LogP contribution in [0.25, 0.3) is 0 Å². The van der Waals surface area contributed by atoms with Crippen LogP contribution in [0.5, 0.6) is 0 Å². The highest BCUT2D eigenvalue weighted by molar-refractivity contribution is 6.31. The Balaban J connectivity index is 3.04. The van der Waals surface area contributed by atoms with Crippen LogP contribution < -0.4 is 0 Å². The fourth-order valence-electron chi connectivity index (χ4n) is 1.11. The van der Waals surface area contributed by atoms with Crippen LogP contribution in [0.2, 0.25) is 5.02 Å². The van der Waals surface area contributed by atoms with Gasteiger partial charge in [0.15, 0.2) is 0 Å². The van der Waals surface area contributed by atoms with Crippen molar-refractivity contribution in [3.8, 4) is 0 Å². The molecule has 88 valence electrons. The Bertz CT molecular complexity index is 402. The molecule has 0 aliphatic rings. The minimum Gasteiger partial charge on any atom is -0.469 e. The molecule has 0 bridgehead atoms. The van der Waals surface area contributed by atoms with Crippen LogP contribution in [-0.2, 0) is 22.1 Å². The molecule has 0 radical (unpaired) electrons. The fraction of sp³-hybridized carbons (Fsp3) is 0.300. The van der Waals surface area contributed by atoms with Gasteiger partial charge in [0.1, 0.15) is 0 Å². The van der Waals surface area contributed by atoms with E-state index in [1.807, 2.05) is 0 Å². The number of hydrogen-bond acceptors (Lipinski definition) is 2. The van der Waals surface area contributed by atoms with Gasteiger partial charge in [-0.05, 0) is 23.8 Å². The first kappa shape index (κ1) is 12.8. The molecule has 0 unspecified atom stereocenters. The van der Waals surface area contributed by atoms with E-state index in [4.69, 9.17) is 11.6 Å². The molecule has 0 heterocycles. The van der Waals surface area contributed by atoms with Gasteiger partial charge in [-0.3, -0.25) is 4.79 Å². The summed E-state index contributed by atoms with van der Waals surface area (Å²) in [4.78, 5) is 10.9. The average Bonchev–Trinajstić information content (AvgIpc) is 2.19. The number of hydrogen-bond donors (Lipinski definition) is 0. The number of halogens is 4. The molecule has 0 saturated heterocycles. The van der Waals surface area contributed by atoms with E-state index in [2.05, 4.69) is 4.74 Å². The number of carbonyl (C=O) groups is 1. The fourth-order valence-corrected chi connectivity index (χ4v) is 1.30. The van der Waals surface area contributed by atoms with Gasteiger partial charge in [0, 0.05) is 5.02 Å². The van der Waals surface area contributed by atoms with Crippen LogP contribution in [0.1, 0.15) is 11.1 Å². The van der Waals surface area contributed by atoms with Crippen molar-refractivity contribution in [2.24, 2.45) is 0 Å². The summed E-state index contributed by atoms with van der Waals surface area (Å²) in [6, 6.07) is 2.82. The molecule has 0 fully saturated rings. The number of ether oxygens (including phenoxy) is 1. The molecule has 0 aliphatic carbocycles. The number of carbonyl (C=O) groups excluding carboxylic acids is 1. The lowest BCUT2D eigenvalue weighted by Gasteiger charge is -2.09. The molecule has 16 heavy (non-hydrogen) atoms. The molecule has 1 aromatic rings. The molecule has 0 atom stereocenters. The smallest absolute Gasteiger partial charge is 0.416 e. The van der Waals surface area contributed by atoms with Gasteiger partial charge in [-0.2, -0.15) is 13.2 Å².